The van der Waals surface area contributed by atoms with Gasteiger partial charge in [0.1, 0.15) is 5.82 Å². The Morgan fingerprint density at radius 3 is 2.54 bits per heavy atom. The van der Waals surface area contributed by atoms with E-state index in [2.05, 4.69) is 15.6 Å². The first-order chi connectivity index (χ1) is 11.6. The smallest absolute Gasteiger partial charge is 0.252 e. The zero-order chi connectivity index (χ0) is 17.2. The van der Waals surface area contributed by atoms with Crippen LogP contribution >= 0.6 is 0 Å². The molecule has 24 heavy (non-hydrogen) atoms. The van der Waals surface area contributed by atoms with Gasteiger partial charge in [-0.3, -0.25) is 14.6 Å². The summed E-state index contributed by atoms with van der Waals surface area (Å²) in [5.74, 6) is -0.742. The molecule has 1 aromatic heterocycles. The highest BCUT2D eigenvalue weighted by Gasteiger charge is 2.03. The van der Waals surface area contributed by atoms with Gasteiger partial charge in [0.05, 0.1) is 5.56 Å². The summed E-state index contributed by atoms with van der Waals surface area (Å²) in [4.78, 5) is 27.3. The number of halogens is 1. The number of pyridine rings is 1. The summed E-state index contributed by atoms with van der Waals surface area (Å²) in [5.41, 5.74) is 1.25. The van der Waals surface area contributed by atoms with Crippen molar-refractivity contribution in [1.82, 2.24) is 15.6 Å². The number of rotatable bonds is 7. The fraction of sp³-hybridized carbons (Fsp3) is 0.167. The van der Waals surface area contributed by atoms with Crippen LogP contribution in [0.4, 0.5) is 4.39 Å². The van der Waals surface area contributed by atoms with E-state index in [1.54, 1.807) is 36.5 Å². The summed E-state index contributed by atoms with van der Waals surface area (Å²) in [5, 5.41) is 5.47. The van der Waals surface area contributed by atoms with E-state index < -0.39 is 0 Å². The minimum Gasteiger partial charge on any atom is -0.352 e. The van der Waals surface area contributed by atoms with E-state index in [9.17, 15) is 14.0 Å². The maximum Gasteiger partial charge on any atom is 0.252 e. The van der Waals surface area contributed by atoms with Crippen LogP contribution in [-0.2, 0) is 4.79 Å². The second-order valence-corrected chi connectivity index (χ2v) is 5.03. The van der Waals surface area contributed by atoms with Gasteiger partial charge in [-0.05, 0) is 42.3 Å². The van der Waals surface area contributed by atoms with Gasteiger partial charge in [-0.15, -0.1) is 0 Å². The molecule has 0 saturated carbocycles. The fourth-order valence-corrected chi connectivity index (χ4v) is 1.91. The lowest BCUT2D eigenvalue weighted by Gasteiger charge is -2.05. The van der Waals surface area contributed by atoms with Gasteiger partial charge in [-0.2, -0.15) is 0 Å². The third-order valence-electron chi connectivity index (χ3n) is 3.16. The van der Waals surface area contributed by atoms with E-state index in [4.69, 9.17) is 0 Å². The van der Waals surface area contributed by atoms with Crippen molar-refractivity contribution in [2.45, 2.75) is 6.42 Å². The van der Waals surface area contributed by atoms with Crippen molar-refractivity contribution >= 4 is 17.9 Å². The van der Waals surface area contributed by atoms with Crippen LogP contribution in [0.2, 0.25) is 0 Å². The second-order valence-electron chi connectivity index (χ2n) is 5.03. The Balaban J connectivity index is 1.62. The standard InChI is InChI=1S/C18H18FN3O2/c19-16-7-4-14(5-8-16)6-9-17(23)21-11-2-12-22-18(24)15-3-1-10-20-13-15/h1,3-10,13H,2,11-12H2,(H,21,23)(H,22,24)/b9-6+. The van der Waals surface area contributed by atoms with Crippen LogP contribution in [0.5, 0.6) is 0 Å². The molecule has 0 unspecified atom stereocenters. The lowest BCUT2D eigenvalue weighted by atomic mass is 10.2. The molecule has 0 radical (unpaired) electrons. The molecule has 5 nitrogen and oxygen atoms in total. The Labute approximate surface area is 139 Å². The molecule has 0 atom stereocenters. The molecule has 2 aromatic rings. The molecule has 1 heterocycles. The Hall–Kier alpha value is -3.02. The number of aromatic nitrogens is 1. The summed E-state index contributed by atoms with van der Waals surface area (Å²) in [6.45, 7) is 0.898. The van der Waals surface area contributed by atoms with Crippen LogP contribution in [0, 0.1) is 5.82 Å². The minimum absolute atomic E-state index is 0.189. The van der Waals surface area contributed by atoms with Crippen molar-refractivity contribution in [3.05, 3.63) is 71.8 Å². The van der Waals surface area contributed by atoms with Gasteiger partial charge in [0.15, 0.2) is 0 Å². The zero-order valence-corrected chi connectivity index (χ0v) is 13.0. The number of benzene rings is 1. The van der Waals surface area contributed by atoms with Gasteiger partial charge in [-0.25, -0.2) is 4.39 Å². The normalized spacial score (nSPS) is 10.5. The van der Waals surface area contributed by atoms with Crippen LogP contribution in [0.3, 0.4) is 0 Å². The number of amides is 2. The van der Waals surface area contributed by atoms with Crippen molar-refractivity contribution in [1.29, 1.82) is 0 Å². The van der Waals surface area contributed by atoms with Crippen molar-refractivity contribution in [2.75, 3.05) is 13.1 Å². The van der Waals surface area contributed by atoms with Gasteiger partial charge in [0, 0.05) is 31.6 Å². The van der Waals surface area contributed by atoms with Crippen molar-refractivity contribution < 1.29 is 14.0 Å². The number of nitrogens with zero attached hydrogens (tertiary/aromatic N) is 1. The lowest BCUT2D eigenvalue weighted by molar-refractivity contribution is -0.116. The van der Waals surface area contributed by atoms with E-state index in [1.807, 2.05) is 0 Å². The molecular formula is C18H18FN3O2. The number of hydrogen-bond acceptors (Lipinski definition) is 3. The van der Waals surface area contributed by atoms with Gasteiger partial charge in [-0.1, -0.05) is 12.1 Å². The summed E-state index contributed by atoms with van der Waals surface area (Å²) in [6.07, 6.45) is 6.71. The van der Waals surface area contributed by atoms with Crippen LogP contribution in [0.25, 0.3) is 6.08 Å². The Bertz CT molecular complexity index is 700. The predicted molar refractivity (Wildman–Crippen MR) is 89.6 cm³/mol. The quantitative estimate of drug-likeness (QED) is 0.605. The third-order valence-corrected chi connectivity index (χ3v) is 3.16. The van der Waals surface area contributed by atoms with Gasteiger partial charge < -0.3 is 10.6 Å². The van der Waals surface area contributed by atoms with Gasteiger partial charge in [0.2, 0.25) is 5.91 Å². The summed E-state index contributed by atoms with van der Waals surface area (Å²) in [6, 6.07) is 9.23. The Morgan fingerprint density at radius 1 is 1.08 bits per heavy atom. The lowest BCUT2D eigenvalue weighted by Crippen LogP contribution is -2.29. The number of carbonyl (C=O) groups excluding carboxylic acids is 2. The van der Waals surface area contributed by atoms with Crippen LogP contribution in [0.15, 0.2) is 54.9 Å². The molecule has 6 heteroatoms. The molecule has 0 spiro atoms. The van der Waals surface area contributed by atoms with E-state index in [0.29, 0.717) is 25.1 Å². The highest BCUT2D eigenvalue weighted by Crippen LogP contribution is 2.04. The summed E-state index contributed by atoms with van der Waals surface area (Å²) in [7, 11) is 0. The first-order valence-electron chi connectivity index (χ1n) is 7.55. The van der Waals surface area contributed by atoms with Gasteiger partial charge >= 0.3 is 0 Å². The SMILES string of the molecule is O=C(/C=C/c1ccc(F)cc1)NCCCNC(=O)c1cccnc1. The summed E-state index contributed by atoms with van der Waals surface area (Å²) >= 11 is 0. The molecule has 2 amide bonds. The number of carbonyl (C=O) groups is 2. The highest BCUT2D eigenvalue weighted by molar-refractivity contribution is 5.93. The van der Waals surface area contributed by atoms with Gasteiger partial charge in [0.25, 0.3) is 5.91 Å². The second kappa shape index (κ2) is 9.19. The molecule has 0 aliphatic heterocycles. The van der Waals surface area contributed by atoms with E-state index >= 15 is 0 Å². The average Bonchev–Trinajstić information content (AvgIpc) is 2.61. The first-order valence-corrected chi connectivity index (χ1v) is 7.55. The monoisotopic (exact) mass is 327 g/mol. The van der Waals surface area contributed by atoms with E-state index in [1.165, 1.54) is 24.4 Å². The van der Waals surface area contributed by atoms with Crippen molar-refractivity contribution in [2.24, 2.45) is 0 Å². The van der Waals surface area contributed by atoms with Crippen LogP contribution < -0.4 is 10.6 Å². The number of nitrogens with one attached hydrogen (secondary N) is 2. The number of hydrogen-bond donors (Lipinski definition) is 2. The highest BCUT2D eigenvalue weighted by atomic mass is 19.1. The Morgan fingerprint density at radius 2 is 1.83 bits per heavy atom. The average molecular weight is 327 g/mol. The third kappa shape index (κ3) is 6.00. The molecule has 2 rings (SSSR count). The maximum atomic E-state index is 12.8. The largest absolute Gasteiger partial charge is 0.352 e. The molecule has 2 N–H and O–H groups in total. The van der Waals surface area contributed by atoms with E-state index in [0.717, 1.165) is 5.56 Å². The maximum absolute atomic E-state index is 12.8. The summed E-state index contributed by atoms with van der Waals surface area (Å²) < 4.78 is 12.8. The molecular weight excluding hydrogens is 309 g/mol. The van der Waals surface area contributed by atoms with Crippen LogP contribution in [-0.4, -0.2) is 29.9 Å². The Kier molecular flexibility index (Phi) is 6.64. The molecule has 124 valence electrons. The van der Waals surface area contributed by atoms with E-state index in [-0.39, 0.29) is 17.6 Å². The van der Waals surface area contributed by atoms with Crippen molar-refractivity contribution in [3.8, 4) is 0 Å². The topological polar surface area (TPSA) is 71.1 Å². The molecule has 0 aliphatic carbocycles. The minimum atomic E-state index is -0.315. The molecule has 1 aromatic carbocycles. The molecule has 0 bridgehead atoms. The predicted octanol–water partition coefficient (Wildman–Crippen LogP) is 2.17. The molecule has 0 aliphatic rings. The van der Waals surface area contributed by atoms with Crippen LogP contribution in [0.1, 0.15) is 22.3 Å². The van der Waals surface area contributed by atoms with Crippen molar-refractivity contribution in [3.63, 3.8) is 0 Å². The fourth-order valence-electron chi connectivity index (χ4n) is 1.91. The molecule has 0 fully saturated rings. The molecule has 0 saturated heterocycles. The zero-order valence-electron chi connectivity index (χ0n) is 13.0. The first kappa shape index (κ1) is 17.3.